The van der Waals surface area contributed by atoms with Crippen molar-refractivity contribution in [3.05, 3.63) is 11.9 Å². The second-order valence-electron chi connectivity index (χ2n) is 3.48. The zero-order valence-corrected chi connectivity index (χ0v) is 7.45. The van der Waals surface area contributed by atoms with Crippen molar-refractivity contribution in [3.63, 3.8) is 0 Å². The summed E-state index contributed by atoms with van der Waals surface area (Å²) in [6.45, 7) is 3.16. The van der Waals surface area contributed by atoms with Gasteiger partial charge in [0.2, 0.25) is 0 Å². The largest absolute Gasteiger partial charge is 0.396 e. The third kappa shape index (κ3) is 1.19. The minimum absolute atomic E-state index is 0.707. The molecule has 1 saturated carbocycles. The summed E-state index contributed by atoms with van der Waals surface area (Å²) in [5.74, 6) is 0.707. The fourth-order valence-corrected chi connectivity index (χ4v) is 1.60. The van der Waals surface area contributed by atoms with Gasteiger partial charge in [-0.15, -0.1) is 0 Å². The molecule has 0 amide bonds. The van der Waals surface area contributed by atoms with Gasteiger partial charge < -0.3 is 5.73 Å². The Morgan fingerprint density at radius 1 is 1.67 bits per heavy atom. The number of hydrogen-bond acceptors (Lipinski definition) is 2. The molecule has 3 heteroatoms. The first kappa shape index (κ1) is 7.65. The van der Waals surface area contributed by atoms with E-state index in [1.807, 2.05) is 0 Å². The van der Waals surface area contributed by atoms with Crippen LogP contribution in [-0.2, 0) is 6.54 Å². The fraction of sp³-hybridized carbons (Fsp3) is 0.667. The molecule has 0 aliphatic heterocycles. The van der Waals surface area contributed by atoms with Gasteiger partial charge in [0.25, 0.3) is 0 Å². The minimum Gasteiger partial charge on any atom is -0.396 e. The number of nitrogens with zero attached hydrogens (tertiary/aromatic N) is 2. The van der Waals surface area contributed by atoms with E-state index < -0.39 is 0 Å². The van der Waals surface area contributed by atoms with Crippen molar-refractivity contribution >= 4 is 5.69 Å². The Morgan fingerprint density at radius 3 is 3.00 bits per heavy atom. The third-order valence-electron chi connectivity index (χ3n) is 2.31. The Bertz CT molecular complexity index is 273. The van der Waals surface area contributed by atoms with E-state index in [4.69, 9.17) is 5.73 Å². The molecule has 0 saturated heterocycles. The standard InChI is InChI=1S/C9H15N3/c1-2-5-12-9(7-3-4-7)8(10)6-11-12/h6-7H,2-5,10H2,1H3. The lowest BCUT2D eigenvalue weighted by Gasteiger charge is -2.04. The summed E-state index contributed by atoms with van der Waals surface area (Å²) in [5.41, 5.74) is 7.98. The average molecular weight is 165 g/mol. The first-order valence-corrected chi connectivity index (χ1v) is 4.64. The third-order valence-corrected chi connectivity index (χ3v) is 2.31. The van der Waals surface area contributed by atoms with E-state index in [1.165, 1.54) is 18.5 Å². The second-order valence-corrected chi connectivity index (χ2v) is 3.48. The highest BCUT2D eigenvalue weighted by Gasteiger charge is 2.29. The van der Waals surface area contributed by atoms with Crippen LogP contribution in [-0.4, -0.2) is 9.78 Å². The lowest BCUT2D eigenvalue weighted by atomic mass is 10.2. The summed E-state index contributed by atoms with van der Waals surface area (Å²) >= 11 is 0. The SMILES string of the molecule is CCCn1ncc(N)c1C1CC1. The van der Waals surface area contributed by atoms with Crippen LogP contribution < -0.4 is 5.73 Å². The molecule has 1 aliphatic carbocycles. The summed E-state index contributed by atoms with van der Waals surface area (Å²) in [7, 11) is 0. The summed E-state index contributed by atoms with van der Waals surface area (Å²) in [5, 5.41) is 4.26. The van der Waals surface area contributed by atoms with Crippen molar-refractivity contribution in [3.8, 4) is 0 Å². The number of aryl methyl sites for hydroxylation is 1. The van der Waals surface area contributed by atoms with E-state index in [-0.39, 0.29) is 0 Å². The van der Waals surface area contributed by atoms with Crippen molar-refractivity contribution in [2.45, 2.75) is 38.6 Å². The number of anilines is 1. The van der Waals surface area contributed by atoms with E-state index in [1.54, 1.807) is 6.20 Å². The van der Waals surface area contributed by atoms with Crippen LogP contribution in [0.4, 0.5) is 5.69 Å². The Labute approximate surface area is 72.6 Å². The van der Waals surface area contributed by atoms with E-state index >= 15 is 0 Å². The molecule has 1 aromatic heterocycles. The van der Waals surface area contributed by atoms with Gasteiger partial charge in [-0.1, -0.05) is 6.92 Å². The first-order chi connectivity index (χ1) is 5.83. The maximum absolute atomic E-state index is 5.83. The molecular weight excluding hydrogens is 150 g/mol. The molecule has 0 spiro atoms. The molecule has 2 rings (SSSR count). The minimum atomic E-state index is 0.707. The van der Waals surface area contributed by atoms with Gasteiger partial charge in [-0.05, 0) is 19.3 Å². The maximum atomic E-state index is 5.83. The van der Waals surface area contributed by atoms with Crippen molar-refractivity contribution in [1.29, 1.82) is 0 Å². The van der Waals surface area contributed by atoms with Crippen molar-refractivity contribution in [2.24, 2.45) is 0 Å². The lowest BCUT2D eigenvalue weighted by Crippen LogP contribution is -2.04. The van der Waals surface area contributed by atoms with Gasteiger partial charge in [0.05, 0.1) is 17.6 Å². The van der Waals surface area contributed by atoms with E-state index in [9.17, 15) is 0 Å². The Morgan fingerprint density at radius 2 is 2.42 bits per heavy atom. The predicted molar refractivity (Wildman–Crippen MR) is 48.9 cm³/mol. The molecule has 0 bridgehead atoms. The summed E-state index contributed by atoms with van der Waals surface area (Å²) in [6.07, 6.45) is 5.49. The molecule has 66 valence electrons. The van der Waals surface area contributed by atoms with Crippen LogP contribution in [0.3, 0.4) is 0 Å². The number of hydrogen-bond donors (Lipinski definition) is 1. The molecule has 1 heterocycles. The molecule has 1 aromatic rings. The van der Waals surface area contributed by atoms with Crippen LogP contribution >= 0.6 is 0 Å². The molecule has 0 unspecified atom stereocenters. The molecule has 1 aliphatic rings. The molecule has 0 radical (unpaired) electrons. The number of aromatic nitrogens is 2. The quantitative estimate of drug-likeness (QED) is 0.741. The van der Waals surface area contributed by atoms with Gasteiger partial charge in [0, 0.05) is 12.5 Å². The molecule has 2 N–H and O–H groups in total. The predicted octanol–water partition coefficient (Wildman–Crippen LogP) is 1.75. The van der Waals surface area contributed by atoms with Crippen molar-refractivity contribution < 1.29 is 0 Å². The molecular formula is C9H15N3. The smallest absolute Gasteiger partial charge is 0.0735 e. The van der Waals surface area contributed by atoms with Gasteiger partial charge in [-0.2, -0.15) is 5.10 Å². The maximum Gasteiger partial charge on any atom is 0.0735 e. The van der Waals surface area contributed by atoms with Crippen LogP contribution in [0.15, 0.2) is 6.20 Å². The molecule has 3 nitrogen and oxygen atoms in total. The van der Waals surface area contributed by atoms with Crippen LogP contribution in [0.5, 0.6) is 0 Å². The number of nitrogen functional groups attached to an aromatic ring is 1. The molecule has 1 fully saturated rings. The average Bonchev–Trinajstić information content (AvgIpc) is 2.80. The van der Waals surface area contributed by atoms with Gasteiger partial charge in [0.15, 0.2) is 0 Å². The summed E-state index contributed by atoms with van der Waals surface area (Å²) in [6, 6.07) is 0. The number of rotatable bonds is 3. The van der Waals surface area contributed by atoms with E-state index in [0.717, 1.165) is 18.7 Å². The van der Waals surface area contributed by atoms with Gasteiger partial charge in [0.1, 0.15) is 0 Å². The number of nitrogens with two attached hydrogens (primary N) is 1. The molecule has 12 heavy (non-hydrogen) atoms. The summed E-state index contributed by atoms with van der Waals surface area (Å²) < 4.78 is 2.06. The van der Waals surface area contributed by atoms with Crippen molar-refractivity contribution in [1.82, 2.24) is 9.78 Å². The zero-order valence-electron chi connectivity index (χ0n) is 7.45. The second kappa shape index (κ2) is 2.81. The lowest BCUT2D eigenvalue weighted by molar-refractivity contribution is 0.575. The highest BCUT2D eigenvalue weighted by Crippen LogP contribution is 2.42. The van der Waals surface area contributed by atoms with Crippen LogP contribution in [0.2, 0.25) is 0 Å². The zero-order chi connectivity index (χ0) is 8.55. The van der Waals surface area contributed by atoms with Gasteiger partial charge in [-0.25, -0.2) is 0 Å². The monoisotopic (exact) mass is 165 g/mol. The Hall–Kier alpha value is -0.990. The van der Waals surface area contributed by atoms with Gasteiger partial charge in [-0.3, -0.25) is 4.68 Å². The van der Waals surface area contributed by atoms with Crippen LogP contribution in [0.25, 0.3) is 0 Å². The van der Waals surface area contributed by atoms with Crippen molar-refractivity contribution in [2.75, 3.05) is 5.73 Å². The van der Waals surface area contributed by atoms with Gasteiger partial charge >= 0.3 is 0 Å². The Kier molecular flexibility index (Phi) is 1.79. The highest BCUT2D eigenvalue weighted by molar-refractivity contribution is 5.44. The fourth-order valence-electron chi connectivity index (χ4n) is 1.60. The molecule has 0 atom stereocenters. The molecule has 0 aromatic carbocycles. The van der Waals surface area contributed by atoms with Crippen LogP contribution in [0, 0.1) is 0 Å². The Balaban J connectivity index is 2.27. The van der Waals surface area contributed by atoms with E-state index in [0.29, 0.717) is 5.92 Å². The highest BCUT2D eigenvalue weighted by atomic mass is 15.3. The van der Waals surface area contributed by atoms with Crippen LogP contribution in [0.1, 0.15) is 37.8 Å². The topological polar surface area (TPSA) is 43.8 Å². The normalized spacial score (nSPS) is 16.8. The summed E-state index contributed by atoms with van der Waals surface area (Å²) in [4.78, 5) is 0. The van der Waals surface area contributed by atoms with E-state index in [2.05, 4.69) is 16.7 Å². The first-order valence-electron chi connectivity index (χ1n) is 4.64.